The Hall–Kier alpha value is 0. The van der Waals surface area contributed by atoms with E-state index in [1.807, 2.05) is 0 Å². The molecule has 0 N–H and O–H groups in total. The molecule has 2 saturated carbocycles. The molecular formula is C16H30. The van der Waals surface area contributed by atoms with Crippen LogP contribution in [-0.2, 0) is 0 Å². The average molecular weight is 222 g/mol. The van der Waals surface area contributed by atoms with Crippen molar-refractivity contribution in [1.82, 2.24) is 0 Å². The third-order valence-electron chi connectivity index (χ3n) is 5.74. The summed E-state index contributed by atoms with van der Waals surface area (Å²) in [6, 6.07) is 0. The highest BCUT2D eigenvalue weighted by Crippen LogP contribution is 2.57. The molecule has 0 aliphatic heterocycles. The van der Waals surface area contributed by atoms with Crippen LogP contribution in [0.25, 0.3) is 0 Å². The van der Waals surface area contributed by atoms with Crippen molar-refractivity contribution in [2.45, 2.75) is 60.3 Å². The van der Waals surface area contributed by atoms with Gasteiger partial charge in [-0.25, -0.2) is 0 Å². The fourth-order valence-corrected chi connectivity index (χ4v) is 4.72. The molecule has 0 radical (unpaired) electrons. The van der Waals surface area contributed by atoms with Crippen LogP contribution in [0, 0.1) is 41.4 Å². The first-order valence-corrected chi connectivity index (χ1v) is 7.60. The topological polar surface area (TPSA) is 0 Å². The first-order valence-electron chi connectivity index (χ1n) is 7.60. The second-order valence-corrected chi connectivity index (χ2v) is 6.82. The fraction of sp³-hybridized carbons (Fsp3) is 1.00. The fourth-order valence-electron chi connectivity index (χ4n) is 4.72. The molecule has 0 aromatic rings. The highest BCUT2D eigenvalue weighted by Gasteiger charge is 2.50. The lowest BCUT2D eigenvalue weighted by Crippen LogP contribution is -2.47. The summed E-state index contributed by atoms with van der Waals surface area (Å²) in [7, 11) is 0. The molecule has 2 fully saturated rings. The second-order valence-electron chi connectivity index (χ2n) is 6.82. The van der Waals surface area contributed by atoms with Crippen LogP contribution in [0.5, 0.6) is 0 Å². The third-order valence-corrected chi connectivity index (χ3v) is 5.74. The Labute approximate surface area is 102 Å². The van der Waals surface area contributed by atoms with Crippen LogP contribution in [0.15, 0.2) is 0 Å². The maximum Gasteiger partial charge on any atom is -0.0331 e. The van der Waals surface area contributed by atoms with E-state index >= 15 is 0 Å². The zero-order valence-electron chi connectivity index (χ0n) is 11.9. The van der Waals surface area contributed by atoms with Crippen LogP contribution in [0.2, 0.25) is 0 Å². The first-order chi connectivity index (χ1) is 7.60. The molecule has 0 heterocycles. The smallest absolute Gasteiger partial charge is 0.0331 e. The lowest BCUT2D eigenvalue weighted by Gasteiger charge is -2.53. The number of hydrogen-bond acceptors (Lipinski definition) is 0. The predicted molar refractivity (Wildman–Crippen MR) is 71.3 cm³/mol. The summed E-state index contributed by atoms with van der Waals surface area (Å²) in [5.74, 6) is 7.25. The summed E-state index contributed by atoms with van der Waals surface area (Å²) in [4.78, 5) is 0. The quantitative estimate of drug-likeness (QED) is 0.615. The maximum absolute atomic E-state index is 2.52. The van der Waals surface area contributed by atoms with E-state index < -0.39 is 0 Å². The van der Waals surface area contributed by atoms with E-state index in [1.165, 1.54) is 12.8 Å². The normalized spacial score (nSPS) is 46.9. The molecule has 6 atom stereocenters. The summed E-state index contributed by atoms with van der Waals surface area (Å²) < 4.78 is 0. The number of rotatable bonds is 5. The SMILES string of the molecule is CCC1CC1CC1C(C)C(C(C)C)C1CC. The maximum atomic E-state index is 2.52. The lowest BCUT2D eigenvalue weighted by molar-refractivity contribution is -0.0511. The molecule has 0 saturated heterocycles. The number of hydrogen-bond donors (Lipinski definition) is 0. The van der Waals surface area contributed by atoms with Crippen LogP contribution in [-0.4, -0.2) is 0 Å². The molecule has 2 aliphatic carbocycles. The van der Waals surface area contributed by atoms with Crippen molar-refractivity contribution in [2.75, 3.05) is 0 Å². The van der Waals surface area contributed by atoms with Gasteiger partial charge in [0, 0.05) is 0 Å². The molecule has 16 heavy (non-hydrogen) atoms. The van der Waals surface area contributed by atoms with Gasteiger partial charge in [-0.05, 0) is 54.3 Å². The largest absolute Gasteiger partial charge is 0.0651 e. The van der Waals surface area contributed by atoms with Gasteiger partial charge in [0.25, 0.3) is 0 Å². The molecule has 0 amide bonds. The molecule has 0 bridgehead atoms. The van der Waals surface area contributed by atoms with Gasteiger partial charge in [-0.3, -0.25) is 0 Å². The van der Waals surface area contributed by atoms with Crippen molar-refractivity contribution in [3.8, 4) is 0 Å². The zero-order chi connectivity index (χ0) is 11.9. The van der Waals surface area contributed by atoms with Crippen LogP contribution >= 0.6 is 0 Å². The Morgan fingerprint density at radius 2 is 1.69 bits per heavy atom. The third kappa shape index (κ3) is 2.05. The van der Waals surface area contributed by atoms with Crippen molar-refractivity contribution in [3.63, 3.8) is 0 Å². The van der Waals surface area contributed by atoms with Gasteiger partial charge in [0.2, 0.25) is 0 Å². The Bertz CT molecular complexity index is 230. The average Bonchev–Trinajstić information content (AvgIpc) is 2.99. The molecule has 0 spiro atoms. The molecular weight excluding hydrogens is 192 g/mol. The summed E-state index contributed by atoms with van der Waals surface area (Å²) >= 11 is 0. The second kappa shape index (κ2) is 4.70. The Kier molecular flexibility index (Phi) is 3.66. The van der Waals surface area contributed by atoms with Gasteiger partial charge >= 0.3 is 0 Å². The molecule has 0 heteroatoms. The van der Waals surface area contributed by atoms with Gasteiger partial charge in [-0.1, -0.05) is 47.5 Å². The van der Waals surface area contributed by atoms with Gasteiger partial charge in [-0.2, -0.15) is 0 Å². The minimum absolute atomic E-state index is 0.900. The minimum atomic E-state index is 0.900. The van der Waals surface area contributed by atoms with E-state index in [0.717, 1.165) is 41.4 Å². The molecule has 94 valence electrons. The van der Waals surface area contributed by atoms with Gasteiger partial charge in [0.05, 0.1) is 0 Å². The van der Waals surface area contributed by atoms with Crippen LogP contribution in [0.1, 0.15) is 60.3 Å². The molecule has 2 aliphatic rings. The standard InChI is InChI=1S/C16H30/c1-6-12-8-13(12)9-15-11(5)16(10(3)4)14(15)7-2/h10-16H,6-9H2,1-5H3. The molecule has 0 aromatic carbocycles. The van der Waals surface area contributed by atoms with Gasteiger partial charge < -0.3 is 0 Å². The van der Waals surface area contributed by atoms with E-state index in [0.29, 0.717) is 0 Å². The van der Waals surface area contributed by atoms with Crippen molar-refractivity contribution in [3.05, 3.63) is 0 Å². The van der Waals surface area contributed by atoms with E-state index in [-0.39, 0.29) is 0 Å². The molecule has 0 nitrogen and oxygen atoms in total. The van der Waals surface area contributed by atoms with Crippen molar-refractivity contribution >= 4 is 0 Å². The highest BCUT2D eigenvalue weighted by molar-refractivity contribution is 4.99. The van der Waals surface area contributed by atoms with Crippen molar-refractivity contribution < 1.29 is 0 Å². The first kappa shape index (κ1) is 12.5. The molecule has 6 unspecified atom stereocenters. The van der Waals surface area contributed by atoms with Crippen molar-refractivity contribution in [2.24, 2.45) is 41.4 Å². The summed E-state index contributed by atoms with van der Waals surface area (Å²) in [5, 5.41) is 0. The van der Waals surface area contributed by atoms with E-state index in [2.05, 4.69) is 34.6 Å². The summed E-state index contributed by atoms with van der Waals surface area (Å²) in [6.07, 6.45) is 5.95. The van der Waals surface area contributed by atoms with Crippen molar-refractivity contribution in [1.29, 1.82) is 0 Å². The zero-order valence-corrected chi connectivity index (χ0v) is 11.9. The Balaban J connectivity index is 1.86. The Morgan fingerprint density at radius 3 is 2.12 bits per heavy atom. The predicted octanol–water partition coefficient (Wildman–Crippen LogP) is 4.99. The van der Waals surface area contributed by atoms with E-state index in [4.69, 9.17) is 0 Å². The summed E-state index contributed by atoms with van der Waals surface area (Å²) in [6.45, 7) is 12.1. The summed E-state index contributed by atoms with van der Waals surface area (Å²) in [5.41, 5.74) is 0. The lowest BCUT2D eigenvalue weighted by atomic mass is 9.52. The Morgan fingerprint density at radius 1 is 1.00 bits per heavy atom. The van der Waals surface area contributed by atoms with Gasteiger partial charge in [-0.15, -0.1) is 0 Å². The van der Waals surface area contributed by atoms with Crippen LogP contribution in [0.3, 0.4) is 0 Å². The van der Waals surface area contributed by atoms with E-state index in [1.54, 1.807) is 12.8 Å². The van der Waals surface area contributed by atoms with Crippen LogP contribution in [0.4, 0.5) is 0 Å². The highest BCUT2D eigenvalue weighted by atomic mass is 14.5. The van der Waals surface area contributed by atoms with E-state index in [9.17, 15) is 0 Å². The monoisotopic (exact) mass is 222 g/mol. The van der Waals surface area contributed by atoms with Gasteiger partial charge in [0.15, 0.2) is 0 Å². The molecule has 0 aromatic heterocycles. The molecule has 2 rings (SSSR count). The van der Waals surface area contributed by atoms with Gasteiger partial charge in [0.1, 0.15) is 0 Å². The van der Waals surface area contributed by atoms with Crippen LogP contribution < -0.4 is 0 Å². The minimum Gasteiger partial charge on any atom is -0.0651 e.